The molecule has 0 bridgehead atoms. The Kier molecular flexibility index (Phi) is 8.52. The lowest BCUT2D eigenvalue weighted by Gasteiger charge is -2.21. The summed E-state index contributed by atoms with van der Waals surface area (Å²) in [5, 5.41) is 6.00. The van der Waals surface area contributed by atoms with E-state index in [-0.39, 0.29) is 18.4 Å². The number of amides is 2. The number of carbonyl (C=O) groups excluding carboxylic acids is 2. The predicted octanol–water partition coefficient (Wildman–Crippen LogP) is 3.58. The summed E-state index contributed by atoms with van der Waals surface area (Å²) in [6.07, 6.45) is 7.25. The van der Waals surface area contributed by atoms with Crippen LogP contribution in [0.4, 0.5) is 0 Å². The highest BCUT2D eigenvalue weighted by molar-refractivity contribution is 6.42. The second-order valence-corrected chi connectivity index (χ2v) is 6.96. The molecule has 7 heteroatoms. The van der Waals surface area contributed by atoms with Crippen molar-refractivity contribution in [1.29, 1.82) is 0 Å². The Hall–Kier alpha value is -1.30. The molecular formula is C18H24Cl2N2O3. The lowest BCUT2D eigenvalue weighted by molar-refractivity contribution is -0.120. The van der Waals surface area contributed by atoms with E-state index in [2.05, 4.69) is 10.6 Å². The molecule has 138 valence electrons. The quantitative estimate of drug-likeness (QED) is 0.670. The van der Waals surface area contributed by atoms with Crippen LogP contribution in [0.1, 0.15) is 48.9 Å². The van der Waals surface area contributed by atoms with Crippen LogP contribution in [0, 0.1) is 0 Å². The molecule has 0 aliphatic heterocycles. The van der Waals surface area contributed by atoms with Gasteiger partial charge in [-0.2, -0.15) is 0 Å². The van der Waals surface area contributed by atoms with Gasteiger partial charge in [0.25, 0.3) is 5.91 Å². The molecular weight excluding hydrogens is 363 g/mol. The number of halogens is 2. The van der Waals surface area contributed by atoms with Crippen molar-refractivity contribution in [2.45, 2.75) is 44.6 Å². The van der Waals surface area contributed by atoms with E-state index in [9.17, 15) is 9.59 Å². The van der Waals surface area contributed by atoms with E-state index in [0.29, 0.717) is 34.9 Å². The number of benzene rings is 1. The molecule has 2 N–H and O–H groups in total. The Bertz CT molecular complexity index is 590. The van der Waals surface area contributed by atoms with Crippen LogP contribution in [-0.2, 0) is 9.53 Å². The van der Waals surface area contributed by atoms with Crippen LogP contribution in [0.25, 0.3) is 0 Å². The topological polar surface area (TPSA) is 67.4 Å². The van der Waals surface area contributed by atoms with Crippen LogP contribution in [-0.4, -0.2) is 37.6 Å². The molecule has 0 heterocycles. The summed E-state index contributed by atoms with van der Waals surface area (Å²) in [6.45, 7) is 1.11. The summed E-state index contributed by atoms with van der Waals surface area (Å²) in [4.78, 5) is 23.7. The Morgan fingerprint density at radius 1 is 1.08 bits per heavy atom. The predicted molar refractivity (Wildman–Crippen MR) is 99.2 cm³/mol. The van der Waals surface area contributed by atoms with Gasteiger partial charge in [-0.3, -0.25) is 9.59 Å². The van der Waals surface area contributed by atoms with E-state index in [4.69, 9.17) is 27.9 Å². The van der Waals surface area contributed by atoms with Crippen molar-refractivity contribution in [2.75, 3.05) is 19.7 Å². The third-order valence-corrected chi connectivity index (χ3v) is 4.88. The van der Waals surface area contributed by atoms with Crippen LogP contribution < -0.4 is 10.6 Å². The first-order chi connectivity index (χ1) is 12.1. The molecule has 0 unspecified atom stereocenters. The van der Waals surface area contributed by atoms with Crippen LogP contribution in [0.2, 0.25) is 10.0 Å². The Balaban J connectivity index is 1.57. The van der Waals surface area contributed by atoms with Crippen LogP contribution in [0.3, 0.4) is 0 Å². The average Bonchev–Trinajstić information content (AvgIpc) is 2.62. The maximum absolute atomic E-state index is 12.0. The van der Waals surface area contributed by atoms with Gasteiger partial charge in [0.15, 0.2) is 0 Å². The first-order valence-electron chi connectivity index (χ1n) is 8.68. The van der Waals surface area contributed by atoms with Gasteiger partial charge in [-0.15, -0.1) is 0 Å². The van der Waals surface area contributed by atoms with Crippen LogP contribution >= 0.6 is 23.2 Å². The summed E-state index contributed by atoms with van der Waals surface area (Å²) >= 11 is 11.7. The number of rotatable bonds is 8. The van der Waals surface area contributed by atoms with Crippen LogP contribution in [0.15, 0.2) is 18.2 Å². The first kappa shape index (κ1) is 20.0. The van der Waals surface area contributed by atoms with Gasteiger partial charge in [-0.25, -0.2) is 0 Å². The Morgan fingerprint density at radius 3 is 2.56 bits per heavy atom. The number of hydrogen-bond acceptors (Lipinski definition) is 3. The average molecular weight is 387 g/mol. The number of hydrogen-bond donors (Lipinski definition) is 2. The minimum atomic E-state index is -0.366. The number of nitrogens with one attached hydrogen (secondary N) is 2. The van der Waals surface area contributed by atoms with Crippen LogP contribution in [0.5, 0.6) is 0 Å². The third-order valence-electron chi connectivity index (χ3n) is 4.14. The smallest absolute Gasteiger partial charge is 0.251 e. The normalized spacial score (nSPS) is 15.0. The highest BCUT2D eigenvalue weighted by atomic mass is 35.5. The molecule has 2 rings (SSSR count). The molecule has 1 aromatic rings. The summed E-state index contributed by atoms with van der Waals surface area (Å²) in [5.74, 6) is -0.597. The minimum absolute atomic E-state index is 0.0808. The van der Waals surface area contributed by atoms with Gasteiger partial charge in [0.2, 0.25) is 5.91 Å². The highest BCUT2D eigenvalue weighted by Gasteiger charge is 2.13. The fraction of sp³-hybridized carbons (Fsp3) is 0.556. The largest absolute Gasteiger partial charge is 0.378 e. The van der Waals surface area contributed by atoms with Gasteiger partial charge in [-0.05, 0) is 37.5 Å². The summed E-state index contributed by atoms with van der Waals surface area (Å²) in [7, 11) is 0. The van der Waals surface area contributed by atoms with E-state index in [1.807, 2.05) is 0 Å². The molecule has 25 heavy (non-hydrogen) atoms. The van der Waals surface area contributed by atoms with Gasteiger partial charge >= 0.3 is 0 Å². The minimum Gasteiger partial charge on any atom is -0.378 e. The molecule has 0 atom stereocenters. The molecule has 2 amide bonds. The molecule has 5 nitrogen and oxygen atoms in total. The zero-order valence-electron chi connectivity index (χ0n) is 14.2. The standard InChI is InChI=1S/C18H24Cl2N2O3/c19-15-8-7-13(11-16(15)20)18(24)22-12-17(23)21-9-4-10-25-14-5-2-1-3-6-14/h7-8,11,14H,1-6,9-10,12H2,(H,21,23)(H,22,24). The zero-order valence-corrected chi connectivity index (χ0v) is 15.7. The van der Waals surface area contributed by atoms with E-state index in [0.717, 1.165) is 19.3 Å². The molecule has 0 radical (unpaired) electrons. The molecule has 0 aromatic heterocycles. The first-order valence-corrected chi connectivity index (χ1v) is 9.43. The Labute approximate surface area is 158 Å². The second kappa shape index (κ2) is 10.6. The summed E-state index contributed by atoms with van der Waals surface area (Å²) < 4.78 is 5.80. The van der Waals surface area contributed by atoms with Crippen molar-refractivity contribution in [3.63, 3.8) is 0 Å². The van der Waals surface area contributed by atoms with E-state index < -0.39 is 0 Å². The zero-order chi connectivity index (χ0) is 18.1. The van der Waals surface area contributed by atoms with E-state index in [1.54, 1.807) is 12.1 Å². The van der Waals surface area contributed by atoms with Crippen molar-refractivity contribution in [1.82, 2.24) is 10.6 Å². The highest BCUT2D eigenvalue weighted by Crippen LogP contribution is 2.22. The van der Waals surface area contributed by atoms with Crippen molar-refractivity contribution in [2.24, 2.45) is 0 Å². The van der Waals surface area contributed by atoms with Crippen molar-refractivity contribution < 1.29 is 14.3 Å². The van der Waals surface area contributed by atoms with Crippen molar-refractivity contribution in [3.05, 3.63) is 33.8 Å². The van der Waals surface area contributed by atoms with Gasteiger partial charge < -0.3 is 15.4 Å². The van der Waals surface area contributed by atoms with Gasteiger partial charge in [-0.1, -0.05) is 42.5 Å². The molecule has 0 spiro atoms. The molecule has 1 aliphatic rings. The number of ether oxygens (including phenoxy) is 1. The molecule has 1 aromatic carbocycles. The third kappa shape index (κ3) is 7.22. The fourth-order valence-electron chi connectivity index (χ4n) is 2.74. The van der Waals surface area contributed by atoms with Gasteiger partial charge in [0.05, 0.1) is 22.7 Å². The lowest BCUT2D eigenvalue weighted by Crippen LogP contribution is -2.37. The maximum Gasteiger partial charge on any atom is 0.251 e. The van der Waals surface area contributed by atoms with Crippen molar-refractivity contribution >= 4 is 35.0 Å². The lowest BCUT2D eigenvalue weighted by atomic mass is 9.98. The molecule has 1 saturated carbocycles. The van der Waals surface area contributed by atoms with E-state index >= 15 is 0 Å². The van der Waals surface area contributed by atoms with Gasteiger partial charge in [0.1, 0.15) is 0 Å². The molecule has 0 saturated heterocycles. The Morgan fingerprint density at radius 2 is 1.84 bits per heavy atom. The van der Waals surface area contributed by atoms with E-state index in [1.165, 1.54) is 25.3 Å². The van der Waals surface area contributed by atoms with Gasteiger partial charge in [0, 0.05) is 18.7 Å². The summed E-state index contributed by atoms with van der Waals surface area (Å²) in [6, 6.07) is 4.58. The molecule has 1 aliphatic carbocycles. The monoisotopic (exact) mass is 386 g/mol. The maximum atomic E-state index is 12.0. The summed E-state index contributed by atoms with van der Waals surface area (Å²) in [5.41, 5.74) is 0.364. The SMILES string of the molecule is O=C(CNC(=O)c1ccc(Cl)c(Cl)c1)NCCCOC1CCCCC1. The second-order valence-electron chi connectivity index (χ2n) is 6.15. The molecule has 1 fully saturated rings. The fourth-order valence-corrected chi connectivity index (χ4v) is 3.04. The van der Waals surface area contributed by atoms with Crippen molar-refractivity contribution in [3.8, 4) is 0 Å². The number of carbonyl (C=O) groups is 2.